The first-order valence-electron chi connectivity index (χ1n) is 15.4. The predicted octanol–water partition coefficient (Wildman–Crippen LogP) is 7.14. The van der Waals surface area contributed by atoms with Crippen molar-refractivity contribution < 1.29 is 28.7 Å². The van der Waals surface area contributed by atoms with Gasteiger partial charge in [-0.05, 0) is 95.4 Å². The van der Waals surface area contributed by atoms with E-state index in [2.05, 4.69) is 107 Å². The summed E-state index contributed by atoms with van der Waals surface area (Å²) in [6.45, 7) is 29.6. The highest BCUT2D eigenvalue weighted by Gasteiger charge is 2.51. The van der Waals surface area contributed by atoms with Gasteiger partial charge < -0.3 is 9.47 Å². The Morgan fingerprint density at radius 1 is 0.625 bits per heavy atom. The van der Waals surface area contributed by atoms with Gasteiger partial charge in [-0.15, -0.1) is 0 Å². The van der Waals surface area contributed by atoms with Crippen LogP contribution in [0.1, 0.15) is 148 Å². The van der Waals surface area contributed by atoms with E-state index in [9.17, 15) is 9.59 Å². The summed E-state index contributed by atoms with van der Waals surface area (Å²) in [6, 6.07) is 0. The van der Waals surface area contributed by atoms with Crippen molar-refractivity contribution in [1.29, 1.82) is 0 Å². The second kappa shape index (κ2) is 12.2. The van der Waals surface area contributed by atoms with E-state index in [0.29, 0.717) is 25.7 Å². The third-order valence-electron chi connectivity index (χ3n) is 8.99. The topological polar surface area (TPSA) is 77.5 Å². The molecule has 234 valence electrons. The lowest BCUT2D eigenvalue weighted by molar-refractivity contribution is -0.341. The molecule has 0 amide bonds. The van der Waals surface area contributed by atoms with Gasteiger partial charge in [-0.2, -0.15) is 10.1 Å². The lowest BCUT2D eigenvalue weighted by Gasteiger charge is -2.55. The molecule has 2 rings (SSSR count). The number of hydrogen-bond acceptors (Lipinski definition) is 8. The van der Waals surface area contributed by atoms with E-state index in [4.69, 9.17) is 19.1 Å². The van der Waals surface area contributed by atoms with Gasteiger partial charge in [-0.3, -0.25) is 19.3 Å². The molecule has 0 aromatic carbocycles. The lowest BCUT2D eigenvalue weighted by atomic mass is 9.80. The minimum absolute atomic E-state index is 0.251. The van der Waals surface area contributed by atoms with Crippen LogP contribution < -0.4 is 0 Å². The van der Waals surface area contributed by atoms with Crippen LogP contribution in [0.3, 0.4) is 0 Å². The number of carbonyl (C=O) groups is 2. The van der Waals surface area contributed by atoms with Crippen LogP contribution >= 0.6 is 0 Å². The van der Waals surface area contributed by atoms with Gasteiger partial charge in [0.15, 0.2) is 0 Å². The molecule has 2 aliphatic rings. The second-order valence-corrected chi connectivity index (χ2v) is 15.5. The number of esters is 2. The minimum Gasteiger partial charge on any atom is -0.462 e. The van der Waals surface area contributed by atoms with Crippen molar-refractivity contribution in [3.05, 3.63) is 0 Å². The average molecular weight is 569 g/mol. The highest BCUT2D eigenvalue weighted by molar-refractivity contribution is 5.91. The molecule has 0 unspecified atom stereocenters. The van der Waals surface area contributed by atoms with Gasteiger partial charge in [0.1, 0.15) is 18.6 Å². The number of hydrogen-bond donors (Lipinski definition) is 0. The molecule has 0 radical (unpaired) electrons. The maximum atomic E-state index is 12.9. The molecule has 0 bridgehead atoms. The van der Waals surface area contributed by atoms with Crippen molar-refractivity contribution in [2.45, 2.75) is 194 Å². The van der Waals surface area contributed by atoms with Crippen molar-refractivity contribution in [1.82, 2.24) is 10.1 Å². The Bertz CT molecular complexity index is 854. The normalized spacial score (nSPS) is 24.1. The van der Waals surface area contributed by atoms with Gasteiger partial charge >= 0.3 is 11.9 Å². The van der Waals surface area contributed by atoms with Gasteiger partial charge in [0.2, 0.25) is 0 Å². The summed E-state index contributed by atoms with van der Waals surface area (Å²) in [6.07, 6.45) is 4.17. The van der Waals surface area contributed by atoms with Crippen LogP contribution in [0.15, 0.2) is 0 Å². The fourth-order valence-corrected chi connectivity index (χ4v) is 6.49. The smallest absolute Gasteiger partial charge is 0.317 e. The lowest BCUT2D eigenvalue weighted by Crippen LogP contribution is -2.64. The molecular formula is C32H60N2O6. The minimum atomic E-state index is -0.536. The molecule has 0 atom stereocenters. The van der Waals surface area contributed by atoms with Crippen LogP contribution in [0, 0.1) is 0 Å². The van der Waals surface area contributed by atoms with E-state index in [-0.39, 0.29) is 52.0 Å². The van der Waals surface area contributed by atoms with Crippen molar-refractivity contribution in [3.8, 4) is 0 Å². The molecule has 2 aliphatic heterocycles. The van der Waals surface area contributed by atoms with Crippen LogP contribution in [0.5, 0.6) is 0 Å². The van der Waals surface area contributed by atoms with Gasteiger partial charge in [-0.25, -0.2) is 0 Å². The number of rotatable bonds is 11. The second-order valence-electron chi connectivity index (χ2n) is 15.5. The molecule has 0 aromatic heterocycles. The van der Waals surface area contributed by atoms with Crippen LogP contribution in [-0.4, -0.2) is 67.6 Å². The molecule has 2 saturated heterocycles. The zero-order chi connectivity index (χ0) is 30.9. The largest absolute Gasteiger partial charge is 0.462 e. The van der Waals surface area contributed by atoms with E-state index in [0.717, 1.165) is 19.3 Å². The number of ether oxygens (including phenoxy) is 2. The molecule has 8 heteroatoms. The molecular weight excluding hydrogens is 508 g/mol. The van der Waals surface area contributed by atoms with Crippen LogP contribution in [0.25, 0.3) is 0 Å². The molecule has 2 fully saturated rings. The quantitative estimate of drug-likeness (QED) is 0.192. The molecule has 8 nitrogen and oxygen atoms in total. The standard InChI is InChI=1S/C32H60N2O6/c1-15-31(12,13)39-33-27(4,5)19-23(20-28(33,6)7)37-25(35)18-26(36)38-24-21-29(8,9)34(30(10,11)22-24)40-32(14,16-2)17-3/h23-24H,15-22H2,1-14H3. The first kappa shape index (κ1) is 35.0. The monoisotopic (exact) mass is 568 g/mol. The van der Waals surface area contributed by atoms with Crippen molar-refractivity contribution in [2.24, 2.45) is 0 Å². The summed E-state index contributed by atoms with van der Waals surface area (Å²) in [5.74, 6) is -1.07. The van der Waals surface area contributed by atoms with Crippen LogP contribution in [0.4, 0.5) is 0 Å². The summed E-state index contributed by atoms with van der Waals surface area (Å²) >= 11 is 0. The summed E-state index contributed by atoms with van der Waals surface area (Å²) in [7, 11) is 0. The Balaban J connectivity index is 1.99. The Kier molecular flexibility index (Phi) is 10.6. The zero-order valence-corrected chi connectivity index (χ0v) is 28.2. The molecule has 0 saturated carbocycles. The van der Waals surface area contributed by atoms with Gasteiger partial charge in [0.25, 0.3) is 0 Å². The first-order chi connectivity index (χ1) is 18.0. The SMILES string of the molecule is CCC(C)(C)ON1C(C)(C)CC(OC(=O)CC(=O)OC2CC(C)(C)N(OC(C)(CC)CC)C(C)(C)C2)CC1(C)C. The Morgan fingerprint density at radius 2 is 0.950 bits per heavy atom. The Hall–Kier alpha value is -1.22. The predicted molar refractivity (Wildman–Crippen MR) is 158 cm³/mol. The summed E-state index contributed by atoms with van der Waals surface area (Å²) < 4.78 is 11.7. The molecule has 0 spiro atoms. The number of carbonyl (C=O) groups excluding carboxylic acids is 2. The van der Waals surface area contributed by atoms with E-state index < -0.39 is 11.9 Å². The van der Waals surface area contributed by atoms with Crippen molar-refractivity contribution >= 4 is 11.9 Å². The van der Waals surface area contributed by atoms with E-state index in [1.54, 1.807) is 0 Å². The van der Waals surface area contributed by atoms with Crippen molar-refractivity contribution in [3.63, 3.8) is 0 Å². The number of hydroxylamine groups is 4. The zero-order valence-electron chi connectivity index (χ0n) is 28.2. The van der Waals surface area contributed by atoms with Crippen molar-refractivity contribution in [2.75, 3.05) is 0 Å². The third kappa shape index (κ3) is 8.65. The van der Waals surface area contributed by atoms with Gasteiger partial charge in [0.05, 0.1) is 11.2 Å². The van der Waals surface area contributed by atoms with Gasteiger partial charge in [-0.1, -0.05) is 20.8 Å². The summed E-state index contributed by atoms with van der Waals surface area (Å²) in [5, 5.41) is 4.18. The van der Waals surface area contributed by atoms with Gasteiger partial charge in [0, 0.05) is 47.8 Å². The third-order valence-corrected chi connectivity index (χ3v) is 8.99. The number of piperidine rings is 2. The molecule has 0 N–H and O–H groups in total. The summed E-state index contributed by atoms with van der Waals surface area (Å²) in [4.78, 5) is 38.8. The van der Waals surface area contributed by atoms with Crippen LogP contribution in [-0.2, 0) is 28.7 Å². The maximum absolute atomic E-state index is 12.9. The fraction of sp³-hybridized carbons (Fsp3) is 0.938. The average Bonchev–Trinajstić information content (AvgIpc) is 2.77. The molecule has 2 heterocycles. The highest BCUT2D eigenvalue weighted by Crippen LogP contribution is 2.43. The van der Waals surface area contributed by atoms with E-state index in [1.807, 2.05) is 0 Å². The highest BCUT2D eigenvalue weighted by atomic mass is 16.7. The van der Waals surface area contributed by atoms with Crippen LogP contribution in [0.2, 0.25) is 0 Å². The van der Waals surface area contributed by atoms with E-state index in [1.165, 1.54) is 0 Å². The molecule has 40 heavy (non-hydrogen) atoms. The number of nitrogens with zero attached hydrogens (tertiary/aromatic N) is 2. The summed E-state index contributed by atoms with van der Waals surface area (Å²) in [5.41, 5.74) is -1.94. The fourth-order valence-electron chi connectivity index (χ4n) is 6.49. The molecule has 0 aromatic rings. The Morgan fingerprint density at radius 3 is 1.25 bits per heavy atom. The Labute approximate surface area is 244 Å². The molecule has 0 aliphatic carbocycles. The van der Waals surface area contributed by atoms with E-state index >= 15 is 0 Å². The first-order valence-corrected chi connectivity index (χ1v) is 15.4. The maximum Gasteiger partial charge on any atom is 0.317 e.